The molecule has 5 heteroatoms. The molecule has 146 valence electrons. The first-order valence-corrected chi connectivity index (χ1v) is 9.61. The van der Waals surface area contributed by atoms with Gasteiger partial charge in [0.05, 0.1) is 17.7 Å². The van der Waals surface area contributed by atoms with Gasteiger partial charge in [-0.3, -0.25) is 9.69 Å². The van der Waals surface area contributed by atoms with Gasteiger partial charge in [0.15, 0.2) is 0 Å². The Morgan fingerprint density at radius 1 is 1.00 bits per heavy atom. The van der Waals surface area contributed by atoms with E-state index in [2.05, 4.69) is 5.32 Å². The van der Waals surface area contributed by atoms with E-state index in [1.807, 2.05) is 55.5 Å². The molecule has 0 unspecified atom stereocenters. The summed E-state index contributed by atoms with van der Waals surface area (Å²) in [6.07, 6.45) is -0.355. The number of ether oxygens (including phenoxy) is 1. The maximum atomic E-state index is 13.4. The van der Waals surface area contributed by atoms with E-state index in [0.29, 0.717) is 23.4 Å². The highest BCUT2D eigenvalue weighted by atomic mass is 16.5. The number of anilines is 2. The monoisotopic (exact) mass is 386 g/mol. The first kappa shape index (κ1) is 18.7. The van der Waals surface area contributed by atoms with E-state index in [1.165, 1.54) is 0 Å². The van der Waals surface area contributed by atoms with Crippen molar-refractivity contribution in [1.82, 2.24) is 0 Å². The second kappa shape index (κ2) is 7.80. The van der Waals surface area contributed by atoms with Crippen molar-refractivity contribution in [3.63, 3.8) is 0 Å². The molecule has 1 amide bonds. The average Bonchev–Trinajstić information content (AvgIpc) is 2.75. The second-order valence-electron chi connectivity index (χ2n) is 6.95. The third kappa shape index (κ3) is 3.59. The molecule has 1 heterocycles. The fourth-order valence-electron chi connectivity index (χ4n) is 3.47. The summed E-state index contributed by atoms with van der Waals surface area (Å²) in [5.41, 5.74) is 4.72. The van der Waals surface area contributed by atoms with Crippen LogP contribution in [-0.2, 0) is 4.74 Å². The summed E-state index contributed by atoms with van der Waals surface area (Å²) < 4.78 is 5.05. The minimum absolute atomic E-state index is 0.0891. The van der Waals surface area contributed by atoms with Gasteiger partial charge in [0.2, 0.25) is 0 Å². The maximum Gasteiger partial charge on any atom is 0.338 e. The number of carbonyl (C=O) groups excluding carboxylic acids is 2. The van der Waals surface area contributed by atoms with Gasteiger partial charge >= 0.3 is 5.97 Å². The Labute approximate surface area is 169 Å². The number of carbonyl (C=O) groups is 2. The molecule has 4 rings (SSSR count). The molecule has 0 bridgehead atoms. The molecular weight excluding hydrogens is 364 g/mol. The molecule has 0 saturated heterocycles. The molecule has 0 spiro atoms. The molecule has 0 aromatic heterocycles. The second-order valence-corrected chi connectivity index (χ2v) is 6.95. The van der Waals surface area contributed by atoms with E-state index in [0.717, 1.165) is 16.8 Å². The number of hydrogen-bond acceptors (Lipinski definition) is 4. The normalized spacial score (nSPS) is 15.4. The summed E-state index contributed by atoms with van der Waals surface area (Å²) in [5, 5.41) is 3.48. The van der Waals surface area contributed by atoms with Crippen molar-refractivity contribution >= 4 is 23.3 Å². The van der Waals surface area contributed by atoms with Crippen molar-refractivity contribution in [2.24, 2.45) is 0 Å². The summed E-state index contributed by atoms with van der Waals surface area (Å²) in [4.78, 5) is 27.1. The van der Waals surface area contributed by atoms with Crippen molar-refractivity contribution in [1.29, 1.82) is 0 Å². The molecule has 0 saturated carbocycles. The number of hydrogen-bond donors (Lipinski definition) is 1. The Morgan fingerprint density at radius 2 is 1.69 bits per heavy atom. The Balaban J connectivity index is 1.76. The van der Waals surface area contributed by atoms with E-state index in [1.54, 1.807) is 36.1 Å². The minimum Gasteiger partial charge on any atom is -0.462 e. The first-order valence-electron chi connectivity index (χ1n) is 9.61. The molecule has 29 heavy (non-hydrogen) atoms. The lowest BCUT2D eigenvalue weighted by molar-refractivity contribution is 0.0526. The Kier molecular flexibility index (Phi) is 5.04. The average molecular weight is 386 g/mol. The van der Waals surface area contributed by atoms with Crippen LogP contribution in [-0.4, -0.2) is 18.5 Å². The quantitative estimate of drug-likeness (QED) is 0.645. The summed E-state index contributed by atoms with van der Waals surface area (Å²) in [7, 11) is 0. The smallest absolute Gasteiger partial charge is 0.338 e. The SMILES string of the molecule is CCOC(=O)c1ccc(N2C(=O)c3ccccc3N[C@@H]2c2ccc(C)cc2)cc1. The van der Waals surface area contributed by atoms with Crippen LogP contribution in [0, 0.1) is 6.92 Å². The van der Waals surface area contributed by atoms with Crippen molar-refractivity contribution in [3.8, 4) is 0 Å². The van der Waals surface area contributed by atoms with Gasteiger partial charge in [-0.05, 0) is 55.8 Å². The van der Waals surface area contributed by atoms with Crippen LogP contribution in [0.2, 0.25) is 0 Å². The molecule has 1 aliphatic heterocycles. The number of aryl methyl sites for hydroxylation is 1. The fourth-order valence-corrected chi connectivity index (χ4v) is 3.47. The summed E-state index contributed by atoms with van der Waals surface area (Å²) in [6, 6.07) is 22.5. The topological polar surface area (TPSA) is 58.6 Å². The first-order chi connectivity index (χ1) is 14.1. The van der Waals surface area contributed by atoms with Crippen LogP contribution >= 0.6 is 0 Å². The van der Waals surface area contributed by atoms with E-state index in [4.69, 9.17) is 4.74 Å². The molecule has 0 aliphatic carbocycles. The standard InChI is InChI=1S/C24H22N2O3/c1-3-29-24(28)18-12-14-19(15-13-18)26-22(17-10-8-16(2)9-11-17)25-21-7-5-4-6-20(21)23(26)27/h4-15,22,25H,3H2,1-2H3/t22-/m0/s1. The van der Waals surface area contributed by atoms with Gasteiger partial charge in [-0.1, -0.05) is 42.0 Å². The molecule has 3 aromatic carbocycles. The highest BCUT2D eigenvalue weighted by Gasteiger charge is 2.34. The highest BCUT2D eigenvalue weighted by Crippen LogP contribution is 2.36. The molecular formula is C24H22N2O3. The van der Waals surface area contributed by atoms with Crippen molar-refractivity contribution in [2.75, 3.05) is 16.8 Å². The number of rotatable bonds is 4. The van der Waals surface area contributed by atoms with Crippen LogP contribution in [0.5, 0.6) is 0 Å². The zero-order valence-electron chi connectivity index (χ0n) is 16.4. The Bertz CT molecular complexity index is 1040. The number of benzene rings is 3. The van der Waals surface area contributed by atoms with Gasteiger partial charge in [-0.15, -0.1) is 0 Å². The zero-order valence-corrected chi connectivity index (χ0v) is 16.4. The highest BCUT2D eigenvalue weighted by molar-refractivity contribution is 6.12. The third-order valence-corrected chi connectivity index (χ3v) is 4.98. The number of para-hydroxylation sites is 1. The summed E-state index contributed by atoms with van der Waals surface area (Å²) in [5.74, 6) is -0.462. The number of esters is 1. The number of amides is 1. The van der Waals surface area contributed by atoms with Crippen LogP contribution in [0.25, 0.3) is 0 Å². The largest absolute Gasteiger partial charge is 0.462 e. The predicted molar refractivity (Wildman–Crippen MR) is 113 cm³/mol. The fraction of sp³-hybridized carbons (Fsp3) is 0.167. The summed E-state index contributed by atoms with van der Waals surface area (Å²) >= 11 is 0. The molecule has 5 nitrogen and oxygen atoms in total. The van der Waals surface area contributed by atoms with Crippen LogP contribution in [0.4, 0.5) is 11.4 Å². The lowest BCUT2D eigenvalue weighted by atomic mass is 10.0. The van der Waals surface area contributed by atoms with E-state index >= 15 is 0 Å². The van der Waals surface area contributed by atoms with Gasteiger partial charge in [0.25, 0.3) is 5.91 Å². The molecule has 0 radical (unpaired) electrons. The van der Waals surface area contributed by atoms with Gasteiger partial charge < -0.3 is 10.1 Å². The minimum atomic E-state index is -0.373. The van der Waals surface area contributed by atoms with Crippen LogP contribution in [0.1, 0.15) is 44.9 Å². The molecule has 1 N–H and O–H groups in total. The molecule has 0 fully saturated rings. The van der Waals surface area contributed by atoms with Gasteiger partial charge in [0.1, 0.15) is 6.17 Å². The Morgan fingerprint density at radius 3 is 2.38 bits per heavy atom. The predicted octanol–water partition coefficient (Wildman–Crippen LogP) is 4.94. The van der Waals surface area contributed by atoms with Crippen LogP contribution < -0.4 is 10.2 Å². The lowest BCUT2D eigenvalue weighted by Gasteiger charge is -2.38. The molecule has 1 atom stereocenters. The number of nitrogens with zero attached hydrogens (tertiary/aromatic N) is 1. The summed E-state index contributed by atoms with van der Waals surface area (Å²) in [6.45, 7) is 4.12. The van der Waals surface area contributed by atoms with Gasteiger partial charge in [0, 0.05) is 11.4 Å². The maximum absolute atomic E-state index is 13.4. The van der Waals surface area contributed by atoms with Crippen molar-refractivity contribution in [2.45, 2.75) is 20.0 Å². The zero-order chi connectivity index (χ0) is 20.4. The Hall–Kier alpha value is -3.60. The van der Waals surface area contributed by atoms with E-state index in [9.17, 15) is 9.59 Å². The van der Waals surface area contributed by atoms with Gasteiger partial charge in [-0.25, -0.2) is 4.79 Å². The van der Waals surface area contributed by atoms with Crippen LogP contribution in [0.15, 0.2) is 72.8 Å². The number of fused-ring (bicyclic) bond motifs is 1. The van der Waals surface area contributed by atoms with Gasteiger partial charge in [-0.2, -0.15) is 0 Å². The van der Waals surface area contributed by atoms with Crippen molar-refractivity contribution < 1.29 is 14.3 Å². The molecule has 1 aliphatic rings. The lowest BCUT2D eigenvalue weighted by Crippen LogP contribution is -2.43. The third-order valence-electron chi connectivity index (χ3n) is 4.98. The number of nitrogens with one attached hydrogen (secondary N) is 1. The molecule has 3 aromatic rings. The van der Waals surface area contributed by atoms with Crippen molar-refractivity contribution in [3.05, 3.63) is 95.1 Å². The van der Waals surface area contributed by atoms with E-state index < -0.39 is 0 Å². The van der Waals surface area contributed by atoms with Crippen LogP contribution in [0.3, 0.4) is 0 Å². The van der Waals surface area contributed by atoms with E-state index in [-0.39, 0.29) is 18.0 Å².